The Morgan fingerprint density at radius 1 is 1.31 bits per heavy atom. The van der Waals surface area contributed by atoms with Gasteiger partial charge in [0.05, 0.1) is 25.9 Å². The van der Waals surface area contributed by atoms with E-state index in [9.17, 15) is 20.1 Å². The number of carbonyl (C=O) groups excluding carboxylic acids is 1. The maximum Gasteiger partial charge on any atom is 0.217 e. The fraction of sp³-hybridized carbons (Fsp3) is 0.571. The molecule has 0 saturated heterocycles. The first-order valence-corrected chi connectivity index (χ1v) is 12.3. The maximum absolute atomic E-state index is 10.7. The number of amides is 1. The van der Waals surface area contributed by atoms with Gasteiger partial charge in [0.2, 0.25) is 5.91 Å². The molecule has 3 unspecified atom stereocenters. The van der Waals surface area contributed by atoms with E-state index in [1.807, 2.05) is 24.3 Å². The highest BCUT2D eigenvalue weighted by atomic mass is 79.9. The fourth-order valence-corrected chi connectivity index (χ4v) is 6.59. The Labute approximate surface area is 193 Å². The highest BCUT2D eigenvalue weighted by molar-refractivity contribution is 9.12. The van der Waals surface area contributed by atoms with Gasteiger partial charge in [0, 0.05) is 18.8 Å². The monoisotopic (exact) mass is 549 g/mol. The van der Waals surface area contributed by atoms with Gasteiger partial charge in [-0.1, -0.05) is 24.3 Å². The Morgan fingerprint density at radius 2 is 2.07 bits per heavy atom. The standard InChI is InChI=1S/C21H29Br2NO4S/c22-19-11-13(21(23)29-19)7-8-14(25)9-10-16-15(17(26)12-18(16)27)5-3-1-2-4-6-20(24)28/h1,3,9-11,14-18,25-27H,2,4-8,12H2,(H2,24,28)/t14?,15-,16-,17?,18?/m1/s1. The molecule has 1 aromatic heterocycles. The van der Waals surface area contributed by atoms with Crippen molar-refractivity contribution in [2.24, 2.45) is 17.6 Å². The topological polar surface area (TPSA) is 104 Å². The summed E-state index contributed by atoms with van der Waals surface area (Å²) in [5.74, 6) is -0.560. The Hall–Kier alpha value is -0.510. The average molecular weight is 551 g/mol. The van der Waals surface area contributed by atoms with Crippen molar-refractivity contribution < 1.29 is 20.1 Å². The number of aliphatic hydroxyl groups excluding tert-OH is 3. The Morgan fingerprint density at radius 3 is 2.72 bits per heavy atom. The van der Waals surface area contributed by atoms with Crippen LogP contribution in [0.1, 0.15) is 44.1 Å². The van der Waals surface area contributed by atoms with Gasteiger partial charge in [0.1, 0.15) is 0 Å². The zero-order chi connectivity index (χ0) is 21.4. The number of hydrogen-bond donors (Lipinski definition) is 4. The third-order valence-corrected chi connectivity index (χ3v) is 7.74. The van der Waals surface area contributed by atoms with Crippen molar-refractivity contribution in [3.8, 4) is 0 Å². The lowest BCUT2D eigenvalue weighted by atomic mass is 9.89. The minimum Gasteiger partial charge on any atom is -0.393 e. The van der Waals surface area contributed by atoms with Crippen molar-refractivity contribution >= 4 is 49.1 Å². The van der Waals surface area contributed by atoms with Crippen LogP contribution in [-0.2, 0) is 11.2 Å². The molecule has 1 heterocycles. The molecule has 5 N–H and O–H groups in total. The molecule has 1 fully saturated rings. The van der Waals surface area contributed by atoms with E-state index < -0.39 is 18.3 Å². The van der Waals surface area contributed by atoms with Crippen molar-refractivity contribution in [3.63, 3.8) is 0 Å². The molecule has 1 amide bonds. The molecule has 0 aliphatic heterocycles. The molecule has 8 heteroatoms. The lowest BCUT2D eigenvalue weighted by Crippen LogP contribution is -2.20. The number of carbonyl (C=O) groups is 1. The van der Waals surface area contributed by atoms with Crippen molar-refractivity contribution in [3.05, 3.63) is 43.5 Å². The van der Waals surface area contributed by atoms with Crippen molar-refractivity contribution in [1.82, 2.24) is 0 Å². The van der Waals surface area contributed by atoms with E-state index in [4.69, 9.17) is 5.73 Å². The van der Waals surface area contributed by atoms with Crippen LogP contribution in [-0.4, -0.2) is 39.5 Å². The van der Waals surface area contributed by atoms with E-state index in [-0.39, 0.29) is 17.7 Å². The molecule has 0 aromatic carbocycles. The maximum atomic E-state index is 10.7. The lowest BCUT2D eigenvalue weighted by molar-refractivity contribution is -0.118. The van der Waals surface area contributed by atoms with Gasteiger partial charge in [-0.3, -0.25) is 4.79 Å². The minimum absolute atomic E-state index is 0.0807. The summed E-state index contributed by atoms with van der Waals surface area (Å²) in [6.07, 6.45) is 10.0. The van der Waals surface area contributed by atoms with Crippen LogP contribution < -0.4 is 5.73 Å². The Balaban J connectivity index is 1.84. The van der Waals surface area contributed by atoms with Crippen LogP contribution >= 0.6 is 43.2 Å². The molecule has 2 rings (SSSR count). The minimum atomic E-state index is -0.608. The molecule has 0 radical (unpaired) electrons. The van der Waals surface area contributed by atoms with Gasteiger partial charge in [-0.15, -0.1) is 11.3 Å². The van der Waals surface area contributed by atoms with E-state index >= 15 is 0 Å². The second-order valence-corrected chi connectivity index (χ2v) is 11.3. The van der Waals surface area contributed by atoms with Crippen molar-refractivity contribution in [2.75, 3.05) is 0 Å². The van der Waals surface area contributed by atoms with Gasteiger partial charge >= 0.3 is 0 Å². The second-order valence-electron chi connectivity index (χ2n) is 7.52. The lowest BCUT2D eigenvalue weighted by Gasteiger charge is -2.19. The van der Waals surface area contributed by atoms with E-state index in [2.05, 4.69) is 31.9 Å². The van der Waals surface area contributed by atoms with Crippen LogP contribution in [0.3, 0.4) is 0 Å². The summed E-state index contributed by atoms with van der Waals surface area (Å²) in [5.41, 5.74) is 6.28. The molecule has 1 aliphatic carbocycles. The van der Waals surface area contributed by atoms with E-state index in [0.29, 0.717) is 32.1 Å². The summed E-state index contributed by atoms with van der Waals surface area (Å²) in [7, 11) is 0. The smallest absolute Gasteiger partial charge is 0.217 e. The van der Waals surface area contributed by atoms with Gasteiger partial charge in [0.15, 0.2) is 0 Å². The number of thiophene rings is 1. The molecular weight excluding hydrogens is 522 g/mol. The number of hydrogen-bond acceptors (Lipinski definition) is 5. The largest absolute Gasteiger partial charge is 0.393 e. The number of aryl methyl sites for hydroxylation is 1. The SMILES string of the molecule is NC(=O)CCCC=CC[C@H]1C(O)CC(O)[C@@H]1C=CC(O)CCc1cc(Br)sc1Br. The summed E-state index contributed by atoms with van der Waals surface area (Å²) >= 11 is 8.60. The van der Waals surface area contributed by atoms with Gasteiger partial charge < -0.3 is 21.1 Å². The third-order valence-electron chi connectivity index (χ3n) is 5.28. The summed E-state index contributed by atoms with van der Waals surface area (Å²) in [4.78, 5) is 10.7. The van der Waals surface area contributed by atoms with Crippen LogP contribution in [0.25, 0.3) is 0 Å². The number of nitrogens with two attached hydrogens (primary N) is 1. The summed E-state index contributed by atoms with van der Waals surface area (Å²) < 4.78 is 2.12. The number of aliphatic hydroxyl groups is 3. The first kappa shape index (κ1) is 24.8. The zero-order valence-corrected chi connectivity index (χ0v) is 20.2. The molecule has 0 spiro atoms. The molecule has 1 aromatic rings. The predicted molar refractivity (Wildman–Crippen MR) is 124 cm³/mol. The number of halogens is 2. The van der Waals surface area contributed by atoms with Crippen LogP contribution in [0.15, 0.2) is 37.9 Å². The van der Waals surface area contributed by atoms with Gasteiger partial charge in [-0.05, 0) is 81.5 Å². The van der Waals surface area contributed by atoms with Crippen LogP contribution in [0.4, 0.5) is 0 Å². The molecule has 5 atom stereocenters. The average Bonchev–Trinajstić information content (AvgIpc) is 3.11. The predicted octanol–water partition coefficient (Wildman–Crippen LogP) is 4.08. The van der Waals surface area contributed by atoms with E-state index in [0.717, 1.165) is 26.0 Å². The van der Waals surface area contributed by atoms with Gasteiger partial charge in [-0.2, -0.15) is 0 Å². The molecule has 162 valence electrons. The van der Waals surface area contributed by atoms with Crippen molar-refractivity contribution in [2.45, 2.75) is 63.3 Å². The molecule has 5 nitrogen and oxygen atoms in total. The van der Waals surface area contributed by atoms with Crippen LogP contribution in [0.5, 0.6) is 0 Å². The van der Waals surface area contributed by atoms with E-state index in [1.54, 1.807) is 17.4 Å². The molecule has 0 bridgehead atoms. The molecule has 1 aliphatic rings. The van der Waals surface area contributed by atoms with E-state index in [1.165, 1.54) is 0 Å². The van der Waals surface area contributed by atoms with Crippen molar-refractivity contribution in [1.29, 1.82) is 0 Å². The van der Waals surface area contributed by atoms with Crippen LogP contribution in [0, 0.1) is 11.8 Å². The Bertz CT molecular complexity index is 722. The number of rotatable bonds is 11. The Kier molecular flexibility index (Phi) is 10.6. The zero-order valence-electron chi connectivity index (χ0n) is 16.2. The highest BCUT2D eigenvalue weighted by Gasteiger charge is 2.39. The molecule has 1 saturated carbocycles. The first-order chi connectivity index (χ1) is 13.8. The quantitative estimate of drug-likeness (QED) is 0.246. The summed E-state index contributed by atoms with van der Waals surface area (Å²) in [6.45, 7) is 0. The second kappa shape index (κ2) is 12.4. The van der Waals surface area contributed by atoms with Gasteiger partial charge in [0.25, 0.3) is 0 Å². The first-order valence-electron chi connectivity index (χ1n) is 9.87. The number of primary amides is 1. The molecule has 29 heavy (non-hydrogen) atoms. The fourth-order valence-electron chi connectivity index (χ4n) is 3.67. The normalized spacial score (nSPS) is 26.0. The number of allylic oxidation sites excluding steroid dienone is 2. The van der Waals surface area contributed by atoms with Gasteiger partial charge in [-0.25, -0.2) is 0 Å². The molecular formula is C21H29Br2NO4S. The highest BCUT2D eigenvalue weighted by Crippen LogP contribution is 2.36. The number of unbranched alkanes of at least 4 members (excludes halogenated alkanes) is 1. The third kappa shape index (κ3) is 8.26. The summed E-state index contributed by atoms with van der Waals surface area (Å²) in [6, 6.07) is 2.05. The summed E-state index contributed by atoms with van der Waals surface area (Å²) in [5, 5.41) is 30.9. The van der Waals surface area contributed by atoms with Crippen LogP contribution in [0.2, 0.25) is 0 Å².